The van der Waals surface area contributed by atoms with Gasteiger partial charge in [-0.15, -0.1) is 0 Å². The normalized spacial score (nSPS) is 11.8. The van der Waals surface area contributed by atoms with Crippen LogP contribution >= 0.6 is 69.6 Å². The van der Waals surface area contributed by atoms with E-state index in [2.05, 4.69) is 4.98 Å². The SMILES string of the molecule is Nc1c(-c2ccc(Cl)c(Cl)c2Cl)cc(C(F)(F)F)nc1-c1ccc(Cl)c(Cl)c1Cl. The lowest BCUT2D eigenvalue weighted by Crippen LogP contribution is -2.11. The van der Waals surface area contributed by atoms with Crippen LogP contribution in [0.25, 0.3) is 22.4 Å². The zero-order chi connectivity index (χ0) is 21.7. The minimum atomic E-state index is -4.78. The van der Waals surface area contributed by atoms with Gasteiger partial charge in [0, 0.05) is 16.7 Å². The molecule has 3 rings (SSSR count). The second-order valence-electron chi connectivity index (χ2n) is 5.76. The van der Waals surface area contributed by atoms with Crippen molar-refractivity contribution in [1.29, 1.82) is 0 Å². The van der Waals surface area contributed by atoms with Crippen LogP contribution in [0.15, 0.2) is 30.3 Å². The largest absolute Gasteiger partial charge is 0.433 e. The average Bonchev–Trinajstić information content (AvgIpc) is 2.65. The van der Waals surface area contributed by atoms with Gasteiger partial charge < -0.3 is 5.73 Å². The number of alkyl halides is 3. The van der Waals surface area contributed by atoms with Crippen LogP contribution in [0.4, 0.5) is 18.9 Å². The Balaban J connectivity index is 2.40. The lowest BCUT2D eigenvalue weighted by atomic mass is 9.99. The molecule has 0 radical (unpaired) electrons. The third-order valence-corrected chi connectivity index (χ3v) is 6.55. The molecule has 0 aliphatic rings. The van der Waals surface area contributed by atoms with Gasteiger partial charge >= 0.3 is 6.18 Å². The van der Waals surface area contributed by atoms with Crippen molar-refractivity contribution in [1.82, 2.24) is 4.98 Å². The number of hydrogen-bond donors (Lipinski definition) is 1. The first kappa shape index (κ1) is 22.6. The molecule has 0 fully saturated rings. The minimum absolute atomic E-state index is 0.0234. The third-order valence-electron chi connectivity index (χ3n) is 3.96. The van der Waals surface area contributed by atoms with Gasteiger partial charge in [0.25, 0.3) is 0 Å². The Morgan fingerprint density at radius 2 is 1.17 bits per heavy atom. The van der Waals surface area contributed by atoms with E-state index in [1.54, 1.807) is 0 Å². The van der Waals surface area contributed by atoms with Crippen molar-refractivity contribution in [2.75, 3.05) is 5.73 Å². The maximum atomic E-state index is 13.5. The predicted octanol–water partition coefficient (Wildman–Crippen LogP) is 8.94. The molecule has 0 saturated carbocycles. The first-order valence-corrected chi connectivity index (χ1v) is 9.85. The highest BCUT2D eigenvalue weighted by molar-refractivity contribution is 6.50. The summed E-state index contributed by atoms with van der Waals surface area (Å²) in [6.07, 6.45) is -4.78. The molecule has 2 N–H and O–H groups in total. The van der Waals surface area contributed by atoms with E-state index in [9.17, 15) is 13.2 Å². The van der Waals surface area contributed by atoms with Crippen LogP contribution in [-0.2, 0) is 6.18 Å². The Morgan fingerprint density at radius 3 is 1.69 bits per heavy atom. The molecule has 0 spiro atoms. The van der Waals surface area contributed by atoms with Gasteiger partial charge in [0.2, 0.25) is 0 Å². The van der Waals surface area contributed by atoms with Gasteiger partial charge in [-0.05, 0) is 24.3 Å². The topological polar surface area (TPSA) is 38.9 Å². The summed E-state index contributed by atoms with van der Waals surface area (Å²) in [7, 11) is 0. The molecule has 11 heteroatoms. The fourth-order valence-corrected chi connectivity index (χ4v) is 3.83. The molecule has 0 saturated heterocycles. The average molecular weight is 521 g/mol. The summed E-state index contributed by atoms with van der Waals surface area (Å²) in [5.41, 5.74) is 4.78. The monoisotopic (exact) mass is 518 g/mol. The number of hydrogen-bond acceptors (Lipinski definition) is 2. The van der Waals surface area contributed by atoms with E-state index in [0.29, 0.717) is 0 Å². The molecule has 152 valence electrons. The molecule has 0 amide bonds. The van der Waals surface area contributed by atoms with Gasteiger partial charge in [-0.1, -0.05) is 75.7 Å². The number of nitrogens with zero attached hydrogens (tertiary/aromatic N) is 1. The smallest absolute Gasteiger partial charge is 0.396 e. The summed E-state index contributed by atoms with van der Waals surface area (Å²) < 4.78 is 40.6. The first-order valence-electron chi connectivity index (χ1n) is 7.59. The molecule has 3 aromatic rings. The molecular formula is C18H7Cl6F3N2. The van der Waals surface area contributed by atoms with E-state index in [1.807, 2.05) is 0 Å². The molecule has 1 heterocycles. The van der Waals surface area contributed by atoms with Crippen molar-refractivity contribution in [3.63, 3.8) is 0 Å². The number of anilines is 1. The van der Waals surface area contributed by atoms with Crippen LogP contribution in [0.1, 0.15) is 5.69 Å². The summed E-state index contributed by atoms with van der Waals surface area (Å²) >= 11 is 36.3. The van der Waals surface area contributed by atoms with Crippen LogP contribution in [-0.4, -0.2) is 4.98 Å². The van der Waals surface area contributed by atoms with Crippen LogP contribution < -0.4 is 5.73 Å². The second-order valence-corrected chi connectivity index (χ2v) is 8.09. The number of benzene rings is 2. The maximum Gasteiger partial charge on any atom is 0.433 e. The summed E-state index contributed by atoms with van der Waals surface area (Å²) in [6, 6.07) is 6.32. The molecule has 0 unspecified atom stereocenters. The fourth-order valence-electron chi connectivity index (χ4n) is 2.57. The maximum absolute atomic E-state index is 13.5. The number of nitrogens with two attached hydrogens (primary N) is 1. The minimum Gasteiger partial charge on any atom is -0.396 e. The van der Waals surface area contributed by atoms with Crippen molar-refractivity contribution in [2.24, 2.45) is 0 Å². The molecule has 0 bridgehead atoms. The zero-order valence-electron chi connectivity index (χ0n) is 13.8. The lowest BCUT2D eigenvalue weighted by molar-refractivity contribution is -0.141. The van der Waals surface area contributed by atoms with Crippen molar-refractivity contribution in [2.45, 2.75) is 6.18 Å². The number of halogens is 9. The van der Waals surface area contributed by atoms with E-state index < -0.39 is 11.9 Å². The molecule has 1 aromatic heterocycles. The van der Waals surface area contributed by atoms with Gasteiger partial charge in [0.05, 0.1) is 41.5 Å². The molecule has 29 heavy (non-hydrogen) atoms. The number of aromatic nitrogens is 1. The van der Waals surface area contributed by atoms with Crippen LogP contribution in [0.3, 0.4) is 0 Å². The van der Waals surface area contributed by atoms with E-state index in [0.717, 1.165) is 6.07 Å². The third kappa shape index (κ3) is 4.22. The summed E-state index contributed by atoms with van der Waals surface area (Å²) in [6.45, 7) is 0. The lowest BCUT2D eigenvalue weighted by Gasteiger charge is -2.17. The standard InChI is InChI=1S/C18H7Cl6F3N2/c19-9-3-1-6(12(21)14(9)23)8-5-11(18(25,26)27)29-17(16(8)28)7-2-4-10(20)15(24)13(7)22/h1-5H,28H2. The number of nitrogen functional groups attached to an aromatic ring is 1. The fraction of sp³-hybridized carbons (Fsp3) is 0.0556. The molecule has 0 aliphatic heterocycles. The molecular weight excluding hydrogens is 514 g/mol. The van der Waals surface area contributed by atoms with Crippen LogP contribution in [0, 0.1) is 0 Å². The highest BCUT2D eigenvalue weighted by atomic mass is 35.5. The zero-order valence-corrected chi connectivity index (χ0v) is 18.3. The van der Waals surface area contributed by atoms with Gasteiger partial charge in [-0.3, -0.25) is 0 Å². The van der Waals surface area contributed by atoms with Gasteiger partial charge in [0.15, 0.2) is 0 Å². The number of pyridine rings is 1. The Labute approximate surface area is 193 Å². The first-order chi connectivity index (χ1) is 13.4. The van der Waals surface area contributed by atoms with E-state index in [4.69, 9.17) is 75.3 Å². The van der Waals surface area contributed by atoms with Gasteiger partial charge in [-0.2, -0.15) is 13.2 Å². The Hall–Kier alpha value is -1.08. The summed E-state index contributed by atoms with van der Waals surface area (Å²) in [4.78, 5) is 3.66. The Bertz CT molecular complexity index is 1050. The van der Waals surface area contributed by atoms with Crippen molar-refractivity contribution in [3.05, 3.63) is 66.2 Å². The van der Waals surface area contributed by atoms with Gasteiger partial charge in [-0.25, -0.2) is 4.98 Å². The van der Waals surface area contributed by atoms with Gasteiger partial charge in [0.1, 0.15) is 5.69 Å². The van der Waals surface area contributed by atoms with E-state index in [1.165, 1.54) is 24.3 Å². The Morgan fingerprint density at radius 1 is 0.690 bits per heavy atom. The van der Waals surface area contributed by atoms with E-state index >= 15 is 0 Å². The second kappa shape index (κ2) is 8.22. The quantitative estimate of drug-likeness (QED) is 0.342. The summed E-state index contributed by atoms with van der Waals surface area (Å²) in [5.74, 6) is 0. The number of rotatable bonds is 2. The van der Waals surface area contributed by atoms with Crippen LogP contribution in [0.5, 0.6) is 0 Å². The summed E-state index contributed by atoms with van der Waals surface area (Å²) in [5, 5.41) is 0.0408. The van der Waals surface area contributed by atoms with Crippen LogP contribution in [0.2, 0.25) is 30.1 Å². The predicted molar refractivity (Wildman–Crippen MR) is 115 cm³/mol. The highest BCUT2D eigenvalue weighted by Gasteiger charge is 2.35. The Kier molecular flexibility index (Phi) is 6.40. The molecule has 0 atom stereocenters. The molecule has 2 nitrogen and oxygen atoms in total. The van der Waals surface area contributed by atoms with Crippen molar-refractivity contribution in [3.8, 4) is 22.4 Å². The highest BCUT2D eigenvalue weighted by Crippen LogP contribution is 2.46. The van der Waals surface area contributed by atoms with Crippen molar-refractivity contribution < 1.29 is 13.2 Å². The molecule has 0 aliphatic carbocycles. The molecule has 2 aromatic carbocycles. The van der Waals surface area contributed by atoms with E-state index in [-0.39, 0.29) is 58.2 Å². The van der Waals surface area contributed by atoms with Crippen molar-refractivity contribution >= 4 is 75.3 Å².